The summed E-state index contributed by atoms with van der Waals surface area (Å²) in [6, 6.07) is 14.7. The van der Waals surface area contributed by atoms with Crippen LogP contribution in [0.15, 0.2) is 72.1 Å². The molecule has 126 valence electrons. The fourth-order valence-corrected chi connectivity index (χ4v) is 3.33. The van der Waals surface area contributed by atoms with Gasteiger partial charge in [0.2, 0.25) is 0 Å². The van der Waals surface area contributed by atoms with E-state index in [1.54, 1.807) is 54.8 Å². The molecule has 0 spiro atoms. The van der Waals surface area contributed by atoms with Gasteiger partial charge in [0.25, 0.3) is 5.91 Å². The molecule has 0 unspecified atom stereocenters. The van der Waals surface area contributed by atoms with Crippen molar-refractivity contribution in [2.75, 3.05) is 11.9 Å². The number of anilines is 1. The summed E-state index contributed by atoms with van der Waals surface area (Å²) in [4.78, 5) is 22.9. The monoisotopic (exact) mass is 369 g/mol. The number of hydrogen-bond acceptors (Lipinski definition) is 4. The lowest BCUT2D eigenvalue weighted by molar-refractivity contribution is 0.0989. The molecule has 0 aliphatic heterocycles. The fourth-order valence-electron chi connectivity index (χ4n) is 2.26. The molecule has 3 aromatic rings. The third kappa shape index (κ3) is 4.38. The Labute approximate surface area is 155 Å². The van der Waals surface area contributed by atoms with Gasteiger partial charge in [0.1, 0.15) is 5.03 Å². The molecule has 25 heavy (non-hydrogen) atoms. The smallest absolute Gasteiger partial charge is 0.260 e. The average Bonchev–Trinajstić information content (AvgIpc) is 2.67. The maximum absolute atomic E-state index is 12.9. The van der Waals surface area contributed by atoms with Crippen LogP contribution in [0.3, 0.4) is 0 Å². The van der Waals surface area contributed by atoms with Crippen LogP contribution in [0.5, 0.6) is 0 Å². The molecule has 2 heterocycles. The minimum Gasteiger partial charge on any atom is -0.311 e. The van der Waals surface area contributed by atoms with Gasteiger partial charge in [-0.05, 0) is 54.1 Å². The molecule has 0 fully saturated rings. The van der Waals surface area contributed by atoms with Crippen LogP contribution in [-0.4, -0.2) is 22.9 Å². The van der Waals surface area contributed by atoms with Gasteiger partial charge in [0.15, 0.2) is 0 Å². The van der Waals surface area contributed by atoms with Crippen LogP contribution < -0.4 is 4.90 Å². The highest BCUT2D eigenvalue weighted by molar-refractivity contribution is 7.98. The number of aromatic nitrogens is 2. The molecule has 0 atom stereocenters. The van der Waals surface area contributed by atoms with Crippen LogP contribution in [0, 0.1) is 0 Å². The second kappa shape index (κ2) is 8.14. The first-order chi connectivity index (χ1) is 12.1. The molecule has 1 amide bonds. The van der Waals surface area contributed by atoms with Crippen molar-refractivity contribution >= 4 is 35.0 Å². The van der Waals surface area contributed by atoms with Crippen LogP contribution in [0.4, 0.5) is 5.69 Å². The Morgan fingerprint density at radius 1 is 1.08 bits per heavy atom. The Balaban J connectivity index is 1.79. The third-order valence-electron chi connectivity index (χ3n) is 3.65. The third-order valence-corrected chi connectivity index (χ3v) is 4.97. The quantitative estimate of drug-likeness (QED) is 0.611. The van der Waals surface area contributed by atoms with Crippen LogP contribution in [-0.2, 0) is 5.75 Å². The van der Waals surface area contributed by atoms with Gasteiger partial charge in [-0.2, -0.15) is 0 Å². The van der Waals surface area contributed by atoms with Crippen LogP contribution >= 0.6 is 23.4 Å². The molecule has 2 aromatic heterocycles. The zero-order valence-electron chi connectivity index (χ0n) is 13.6. The molecule has 4 nitrogen and oxygen atoms in total. The molecule has 0 saturated carbocycles. The molecule has 0 aliphatic carbocycles. The highest BCUT2D eigenvalue weighted by Gasteiger charge is 2.18. The van der Waals surface area contributed by atoms with Crippen LogP contribution in [0.2, 0.25) is 5.02 Å². The minimum absolute atomic E-state index is 0.104. The van der Waals surface area contributed by atoms with E-state index in [1.165, 1.54) is 11.8 Å². The summed E-state index contributed by atoms with van der Waals surface area (Å²) in [7, 11) is 1.75. The molecule has 0 radical (unpaired) electrons. The molecule has 0 N–H and O–H groups in total. The zero-order valence-corrected chi connectivity index (χ0v) is 15.2. The van der Waals surface area contributed by atoms with Crippen molar-refractivity contribution in [1.29, 1.82) is 0 Å². The summed E-state index contributed by atoms with van der Waals surface area (Å²) >= 11 is 7.45. The van der Waals surface area contributed by atoms with Crippen LogP contribution in [0.25, 0.3) is 0 Å². The number of halogens is 1. The van der Waals surface area contributed by atoms with E-state index < -0.39 is 0 Å². The zero-order chi connectivity index (χ0) is 17.6. The average molecular weight is 370 g/mol. The Kier molecular flexibility index (Phi) is 5.68. The maximum atomic E-state index is 12.9. The van der Waals surface area contributed by atoms with Crippen molar-refractivity contribution in [3.8, 4) is 0 Å². The number of hydrogen-bond donors (Lipinski definition) is 0. The second-order valence-corrected chi connectivity index (χ2v) is 6.74. The Morgan fingerprint density at radius 2 is 1.80 bits per heavy atom. The number of thioether (sulfide) groups is 1. The minimum atomic E-state index is -0.104. The van der Waals surface area contributed by atoms with Gasteiger partial charge in [-0.25, -0.2) is 4.98 Å². The van der Waals surface area contributed by atoms with Crippen molar-refractivity contribution in [2.24, 2.45) is 0 Å². The van der Waals surface area contributed by atoms with Crippen molar-refractivity contribution < 1.29 is 4.79 Å². The summed E-state index contributed by atoms with van der Waals surface area (Å²) in [5.74, 6) is 0.623. The van der Waals surface area contributed by atoms with E-state index in [0.29, 0.717) is 15.6 Å². The van der Waals surface area contributed by atoms with Crippen molar-refractivity contribution in [3.05, 3.63) is 83.3 Å². The molecule has 0 aliphatic rings. The number of rotatable bonds is 5. The Hall–Kier alpha value is -2.37. The predicted octanol–water partition coefficient (Wildman–Crippen LogP) is 4.70. The van der Waals surface area contributed by atoms with Crippen molar-refractivity contribution in [1.82, 2.24) is 9.97 Å². The molecule has 1 aromatic carbocycles. The molecular formula is C19H16ClN3OS. The highest BCUT2D eigenvalue weighted by atomic mass is 35.5. The molecule has 0 bridgehead atoms. The van der Waals surface area contributed by atoms with Crippen molar-refractivity contribution in [3.63, 3.8) is 0 Å². The lowest BCUT2D eigenvalue weighted by Gasteiger charge is -2.18. The van der Waals surface area contributed by atoms with Gasteiger partial charge >= 0.3 is 0 Å². The first kappa shape index (κ1) is 17.5. The lowest BCUT2D eigenvalue weighted by Crippen LogP contribution is -2.26. The Morgan fingerprint density at radius 3 is 2.52 bits per heavy atom. The molecular weight excluding hydrogens is 354 g/mol. The first-order valence-electron chi connectivity index (χ1n) is 7.65. The number of benzene rings is 1. The van der Waals surface area contributed by atoms with E-state index in [2.05, 4.69) is 9.97 Å². The molecule has 6 heteroatoms. The number of pyridine rings is 2. The standard InChI is InChI=1S/C19H16ClN3OS/c1-23(16-6-4-15(20)5-7-16)19(24)17-3-2-10-22-18(17)25-13-14-8-11-21-12-9-14/h2-12H,13H2,1H3. The van der Waals surface area contributed by atoms with E-state index in [1.807, 2.05) is 24.3 Å². The SMILES string of the molecule is CN(C(=O)c1cccnc1SCc1ccncc1)c1ccc(Cl)cc1. The summed E-state index contributed by atoms with van der Waals surface area (Å²) < 4.78 is 0. The van der Waals surface area contributed by atoms with Gasteiger partial charge < -0.3 is 4.90 Å². The van der Waals surface area contributed by atoms with Gasteiger partial charge in [0.05, 0.1) is 5.56 Å². The predicted molar refractivity (Wildman–Crippen MR) is 102 cm³/mol. The second-order valence-electron chi connectivity index (χ2n) is 5.34. The van der Waals surface area contributed by atoms with E-state index in [4.69, 9.17) is 11.6 Å². The molecule has 0 saturated heterocycles. The summed E-state index contributed by atoms with van der Waals surface area (Å²) in [6.07, 6.45) is 5.22. The van der Waals surface area contributed by atoms with Crippen LogP contribution in [0.1, 0.15) is 15.9 Å². The molecule has 3 rings (SSSR count). The number of carbonyl (C=O) groups excluding carboxylic acids is 1. The van der Waals surface area contributed by atoms with Gasteiger partial charge in [-0.15, -0.1) is 11.8 Å². The van der Waals surface area contributed by atoms with Crippen molar-refractivity contribution in [2.45, 2.75) is 10.8 Å². The Bertz CT molecular complexity index is 856. The first-order valence-corrected chi connectivity index (χ1v) is 9.02. The number of nitrogens with zero attached hydrogens (tertiary/aromatic N) is 3. The largest absolute Gasteiger partial charge is 0.311 e. The van der Waals surface area contributed by atoms with E-state index in [0.717, 1.165) is 17.0 Å². The topological polar surface area (TPSA) is 46.1 Å². The summed E-state index contributed by atoms with van der Waals surface area (Å²) in [5, 5.41) is 1.35. The normalized spacial score (nSPS) is 10.5. The number of amides is 1. The maximum Gasteiger partial charge on any atom is 0.260 e. The fraction of sp³-hybridized carbons (Fsp3) is 0.105. The van der Waals surface area contributed by atoms with Gasteiger partial charge in [-0.1, -0.05) is 11.6 Å². The lowest BCUT2D eigenvalue weighted by atomic mass is 10.2. The van der Waals surface area contributed by atoms with E-state index >= 15 is 0 Å². The summed E-state index contributed by atoms with van der Waals surface area (Å²) in [6.45, 7) is 0. The van der Waals surface area contributed by atoms with E-state index in [-0.39, 0.29) is 5.91 Å². The van der Waals surface area contributed by atoms with Gasteiger partial charge in [0, 0.05) is 42.1 Å². The summed E-state index contributed by atoms with van der Waals surface area (Å²) in [5.41, 5.74) is 2.50. The van der Waals surface area contributed by atoms with E-state index in [9.17, 15) is 4.79 Å². The highest BCUT2D eigenvalue weighted by Crippen LogP contribution is 2.26. The number of carbonyl (C=O) groups is 1. The van der Waals surface area contributed by atoms with Gasteiger partial charge in [-0.3, -0.25) is 9.78 Å².